The molecule has 0 aliphatic heterocycles. The number of halogens is 2. The van der Waals surface area contributed by atoms with Gasteiger partial charge in [-0.3, -0.25) is 9.59 Å². The molecule has 2 aromatic carbocycles. The van der Waals surface area contributed by atoms with Crippen molar-refractivity contribution in [3.8, 4) is 5.75 Å². The predicted molar refractivity (Wildman–Crippen MR) is 116 cm³/mol. The number of nitrogens with one attached hydrogen (secondary N) is 1. The Kier molecular flexibility index (Phi) is 8.35. The molecule has 2 aromatic rings. The summed E-state index contributed by atoms with van der Waals surface area (Å²) in [4.78, 5) is 26.9. The van der Waals surface area contributed by atoms with Gasteiger partial charge in [-0.2, -0.15) is 0 Å². The number of carbonyl (C=O) groups excluding carboxylic acids is 2. The predicted octanol–water partition coefficient (Wildman–Crippen LogP) is 4.62. The highest BCUT2D eigenvalue weighted by Crippen LogP contribution is 2.23. The molecule has 5 nitrogen and oxygen atoms in total. The fourth-order valence-electron chi connectivity index (χ4n) is 2.68. The Morgan fingerprint density at radius 3 is 2.31 bits per heavy atom. The van der Waals surface area contributed by atoms with E-state index in [4.69, 9.17) is 27.9 Å². The number of aryl methyl sites for hydroxylation is 1. The van der Waals surface area contributed by atoms with Crippen molar-refractivity contribution in [1.82, 2.24) is 10.2 Å². The van der Waals surface area contributed by atoms with Gasteiger partial charge >= 0.3 is 0 Å². The number of hydrogen-bond donors (Lipinski definition) is 1. The molecule has 0 unspecified atom stereocenters. The summed E-state index contributed by atoms with van der Waals surface area (Å²) < 4.78 is 5.62. The molecule has 0 bridgehead atoms. The summed E-state index contributed by atoms with van der Waals surface area (Å²) >= 11 is 12.2. The van der Waals surface area contributed by atoms with E-state index in [-0.39, 0.29) is 31.0 Å². The van der Waals surface area contributed by atoms with Gasteiger partial charge in [0.15, 0.2) is 6.61 Å². The number of nitrogens with zero attached hydrogens (tertiary/aromatic N) is 1. The average molecular weight is 437 g/mol. The molecule has 2 rings (SSSR count). The van der Waals surface area contributed by atoms with Gasteiger partial charge in [0.25, 0.3) is 5.91 Å². The van der Waals surface area contributed by atoms with Crippen molar-refractivity contribution in [2.24, 2.45) is 0 Å². The molecule has 2 amide bonds. The first-order chi connectivity index (χ1) is 13.7. The zero-order chi connectivity index (χ0) is 21.6. The molecular formula is C22H26Cl2N2O3. The topological polar surface area (TPSA) is 58.6 Å². The number of carbonyl (C=O) groups is 2. The van der Waals surface area contributed by atoms with Crippen molar-refractivity contribution < 1.29 is 14.3 Å². The van der Waals surface area contributed by atoms with Crippen LogP contribution in [0.3, 0.4) is 0 Å². The van der Waals surface area contributed by atoms with Gasteiger partial charge in [-0.15, -0.1) is 0 Å². The Balaban J connectivity index is 2.18. The number of hydrogen-bond acceptors (Lipinski definition) is 3. The maximum Gasteiger partial charge on any atom is 0.261 e. The minimum atomic E-state index is -0.696. The second-order valence-electron chi connectivity index (χ2n) is 7.20. The van der Waals surface area contributed by atoms with E-state index in [2.05, 4.69) is 5.32 Å². The summed E-state index contributed by atoms with van der Waals surface area (Å²) in [6, 6.07) is 11.8. The SMILES string of the molecule is Cc1ccc(OCC(=O)N(Cc2ccc(Cl)cc2Cl)[C@@H](C)C(=O)NC(C)C)cc1. The van der Waals surface area contributed by atoms with Crippen LogP contribution in [0, 0.1) is 6.92 Å². The molecule has 156 valence electrons. The molecule has 0 aromatic heterocycles. The molecule has 0 heterocycles. The lowest BCUT2D eigenvalue weighted by Crippen LogP contribution is -2.50. The first-order valence-electron chi connectivity index (χ1n) is 9.40. The lowest BCUT2D eigenvalue weighted by atomic mass is 10.1. The third-order valence-electron chi connectivity index (χ3n) is 4.34. The molecule has 0 fully saturated rings. The van der Waals surface area contributed by atoms with Gasteiger partial charge in [0.2, 0.25) is 5.91 Å². The summed E-state index contributed by atoms with van der Waals surface area (Å²) in [6.45, 7) is 7.37. The zero-order valence-electron chi connectivity index (χ0n) is 17.0. The quantitative estimate of drug-likeness (QED) is 0.656. The zero-order valence-corrected chi connectivity index (χ0v) is 18.6. The van der Waals surface area contributed by atoms with Crippen LogP contribution < -0.4 is 10.1 Å². The highest BCUT2D eigenvalue weighted by atomic mass is 35.5. The molecule has 7 heteroatoms. The summed E-state index contributed by atoms with van der Waals surface area (Å²) in [7, 11) is 0. The first kappa shape index (κ1) is 23.0. The Morgan fingerprint density at radius 2 is 1.72 bits per heavy atom. The van der Waals surface area contributed by atoms with E-state index in [1.807, 2.05) is 32.9 Å². The standard InChI is InChI=1S/C22H26Cl2N2O3/c1-14(2)25-22(28)16(4)26(12-17-7-8-18(23)11-20(17)24)21(27)13-29-19-9-5-15(3)6-10-19/h5-11,14,16H,12-13H2,1-4H3,(H,25,28)/t16-/m0/s1. The molecule has 29 heavy (non-hydrogen) atoms. The van der Waals surface area contributed by atoms with Crippen molar-refractivity contribution in [3.63, 3.8) is 0 Å². The molecule has 0 spiro atoms. The van der Waals surface area contributed by atoms with Gasteiger partial charge in [0.05, 0.1) is 0 Å². The van der Waals surface area contributed by atoms with Crippen molar-refractivity contribution in [2.45, 2.75) is 46.3 Å². The summed E-state index contributed by atoms with van der Waals surface area (Å²) in [5, 5.41) is 3.78. The monoisotopic (exact) mass is 436 g/mol. The summed E-state index contributed by atoms with van der Waals surface area (Å²) in [5.74, 6) is 0.0319. The van der Waals surface area contributed by atoms with E-state index in [0.29, 0.717) is 21.4 Å². The normalized spacial score (nSPS) is 11.8. The third-order valence-corrected chi connectivity index (χ3v) is 4.92. The Morgan fingerprint density at radius 1 is 1.07 bits per heavy atom. The number of amides is 2. The van der Waals surface area contributed by atoms with E-state index in [0.717, 1.165) is 5.56 Å². The van der Waals surface area contributed by atoms with E-state index in [9.17, 15) is 9.59 Å². The number of ether oxygens (including phenoxy) is 1. The van der Waals surface area contributed by atoms with E-state index < -0.39 is 6.04 Å². The third kappa shape index (κ3) is 6.94. The van der Waals surface area contributed by atoms with Crippen LogP contribution in [-0.2, 0) is 16.1 Å². The molecular weight excluding hydrogens is 411 g/mol. The average Bonchev–Trinajstić information content (AvgIpc) is 2.65. The Bertz CT molecular complexity index is 854. The van der Waals surface area contributed by atoms with Gasteiger partial charge in [0, 0.05) is 22.6 Å². The van der Waals surface area contributed by atoms with Crippen LogP contribution in [0.5, 0.6) is 5.75 Å². The smallest absolute Gasteiger partial charge is 0.261 e. The van der Waals surface area contributed by atoms with Crippen LogP contribution >= 0.6 is 23.2 Å². The van der Waals surface area contributed by atoms with Crippen LogP contribution in [0.25, 0.3) is 0 Å². The molecule has 0 aliphatic rings. The minimum Gasteiger partial charge on any atom is -0.484 e. The van der Waals surface area contributed by atoms with Crippen molar-refractivity contribution in [2.75, 3.05) is 6.61 Å². The van der Waals surface area contributed by atoms with Crippen LogP contribution in [0.4, 0.5) is 0 Å². The van der Waals surface area contributed by atoms with E-state index >= 15 is 0 Å². The molecule has 0 aliphatic carbocycles. The van der Waals surface area contributed by atoms with Gasteiger partial charge in [-0.1, -0.05) is 47.0 Å². The van der Waals surface area contributed by atoms with Gasteiger partial charge in [0.1, 0.15) is 11.8 Å². The Labute approximate surface area is 181 Å². The van der Waals surface area contributed by atoms with Crippen molar-refractivity contribution >= 4 is 35.0 Å². The van der Waals surface area contributed by atoms with Crippen molar-refractivity contribution in [1.29, 1.82) is 0 Å². The molecule has 0 radical (unpaired) electrons. The first-order valence-corrected chi connectivity index (χ1v) is 10.2. The summed E-state index contributed by atoms with van der Waals surface area (Å²) in [6.07, 6.45) is 0. The molecule has 0 saturated carbocycles. The van der Waals surface area contributed by atoms with Gasteiger partial charge in [-0.05, 0) is 57.5 Å². The summed E-state index contributed by atoms with van der Waals surface area (Å²) in [5.41, 5.74) is 1.80. The fourth-order valence-corrected chi connectivity index (χ4v) is 3.15. The van der Waals surface area contributed by atoms with Gasteiger partial charge < -0.3 is 15.0 Å². The molecule has 1 atom stereocenters. The largest absolute Gasteiger partial charge is 0.484 e. The minimum absolute atomic E-state index is 0.0372. The highest BCUT2D eigenvalue weighted by molar-refractivity contribution is 6.35. The maximum absolute atomic E-state index is 12.9. The maximum atomic E-state index is 12.9. The Hall–Kier alpha value is -2.24. The number of rotatable bonds is 8. The fraction of sp³-hybridized carbons (Fsp3) is 0.364. The van der Waals surface area contributed by atoms with E-state index in [1.165, 1.54) is 4.90 Å². The van der Waals surface area contributed by atoms with E-state index in [1.54, 1.807) is 37.3 Å². The van der Waals surface area contributed by atoms with Crippen LogP contribution in [0.15, 0.2) is 42.5 Å². The van der Waals surface area contributed by atoms with Crippen molar-refractivity contribution in [3.05, 3.63) is 63.6 Å². The van der Waals surface area contributed by atoms with Crippen LogP contribution in [0.2, 0.25) is 10.0 Å². The highest BCUT2D eigenvalue weighted by Gasteiger charge is 2.27. The van der Waals surface area contributed by atoms with Gasteiger partial charge in [-0.25, -0.2) is 0 Å². The molecule has 0 saturated heterocycles. The number of benzene rings is 2. The second-order valence-corrected chi connectivity index (χ2v) is 8.04. The second kappa shape index (κ2) is 10.5. The molecule has 1 N–H and O–H groups in total. The van der Waals surface area contributed by atoms with Crippen LogP contribution in [0.1, 0.15) is 31.9 Å². The van der Waals surface area contributed by atoms with Crippen LogP contribution in [-0.4, -0.2) is 35.4 Å². The lowest BCUT2D eigenvalue weighted by molar-refractivity contribution is -0.142. The lowest BCUT2D eigenvalue weighted by Gasteiger charge is -2.29.